The van der Waals surface area contributed by atoms with Gasteiger partial charge in [-0.15, -0.1) is 0 Å². The number of likely N-dealkylation sites (tertiary alicyclic amines) is 1. The van der Waals surface area contributed by atoms with E-state index in [1.54, 1.807) is 0 Å². The summed E-state index contributed by atoms with van der Waals surface area (Å²) in [7, 11) is 4.46. The number of benzene rings is 1. The van der Waals surface area contributed by atoms with Crippen molar-refractivity contribution in [2.45, 2.75) is 44.3 Å². The zero-order valence-electron chi connectivity index (χ0n) is 13.1. The van der Waals surface area contributed by atoms with Crippen LogP contribution >= 0.6 is 0 Å². The Morgan fingerprint density at radius 2 is 2.05 bits per heavy atom. The number of likely N-dealkylation sites (N-methyl/N-ethyl adjacent to an activating group) is 2. The second kappa shape index (κ2) is 7.21. The standard InChI is InChI=1S/C17H29N3/c1-4-16(17(18)14-9-6-5-7-10-14)20(3)13-15-11-8-12-19(15)2/h5-7,9-10,15-17H,4,8,11-13,18H2,1-3H3. The molecule has 1 aliphatic heterocycles. The van der Waals surface area contributed by atoms with Crippen LogP contribution in [0.2, 0.25) is 0 Å². The van der Waals surface area contributed by atoms with Crippen LogP contribution in [0.4, 0.5) is 0 Å². The number of nitrogens with zero attached hydrogens (tertiary/aromatic N) is 2. The summed E-state index contributed by atoms with van der Waals surface area (Å²) in [5.74, 6) is 0. The molecule has 0 aromatic heterocycles. The third-order valence-electron chi connectivity index (χ3n) is 4.75. The highest BCUT2D eigenvalue weighted by Gasteiger charge is 2.27. The fourth-order valence-corrected chi connectivity index (χ4v) is 3.41. The first-order chi connectivity index (χ1) is 9.63. The van der Waals surface area contributed by atoms with Gasteiger partial charge in [-0.25, -0.2) is 0 Å². The van der Waals surface area contributed by atoms with E-state index in [-0.39, 0.29) is 6.04 Å². The number of rotatable bonds is 6. The van der Waals surface area contributed by atoms with Gasteiger partial charge < -0.3 is 10.6 Å². The maximum atomic E-state index is 6.50. The van der Waals surface area contributed by atoms with Gasteiger partial charge in [0.1, 0.15) is 0 Å². The molecule has 1 heterocycles. The molecular weight excluding hydrogens is 246 g/mol. The summed E-state index contributed by atoms with van der Waals surface area (Å²) in [5, 5.41) is 0. The predicted molar refractivity (Wildman–Crippen MR) is 85.7 cm³/mol. The van der Waals surface area contributed by atoms with Crippen molar-refractivity contribution in [2.24, 2.45) is 5.73 Å². The molecule has 112 valence electrons. The lowest BCUT2D eigenvalue weighted by molar-refractivity contribution is 0.155. The summed E-state index contributed by atoms with van der Waals surface area (Å²) in [4.78, 5) is 4.95. The number of hydrogen-bond donors (Lipinski definition) is 1. The quantitative estimate of drug-likeness (QED) is 0.866. The van der Waals surface area contributed by atoms with E-state index in [0.717, 1.165) is 13.0 Å². The molecule has 0 radical (unpaired) electrons. The zero-order valence-corrected chi connectivity index (χ0v) is 13.1. The van der Waals surface area contributed by atoms with Crippen LogP contribution in [0.15, 0.2) is 30.3 Å². The molecule has 1 aromatic rings. The molecule has 1 aliphatic rings. The van der Waals surface area contributed by atoms with Gasteiger partial charge in [0.25, 0.3) is 0 Å². The first-order valence-corrected chi connectivity index (χ1v) is 7.84. The summed E-state index contributed by atoms with van der Waals surface area (Å²) in [6.45, 7) is 4.60. The average Bonchev–Trinajstić information content (AvgIpc) is 2.86. The van der Waals surface area contributed by atoms with Gasteiger partial charge in [-0.2, -0.15) is 0 Å². The first-order valence-electron chi connectivity index (χ1n) is 7.84. The minimum Gasteiger partial charge on any atom is -0.323 e. The predicted octanol–water partition coefficient (Wildman–Crippen LogP) is 2.49. The minimum atomic E-state index is 0.0953. The highest BCUT2D eigenvalue weighted by molar-refractivity contribution is 5.20. The summed E-state index contributed by atoms with van der Waals surface area (Å²) < 4.78 is 0. The molecule has 0 saturated carbocycles. The molecule has 2 rings (SSSR count). The Balaban J connectivity index is 1.99. The van der Waals surface area contributed by atoms with Crippen molar-refractivity contribution in [1.82, 2.24) is 9.80 Å². The van der Waals surface area contributed by atoms with Gasteiger partial charge >= 0.3 is 0 Å². The zero-order chi connectivity index (χ0) is 14.5. The summed E-state index contributed by atoms with van der Waals surface area (Å²) in [6, 6.07) is 11.7. The van der Waals surface area contributed by atoms with Crippen molar-refractivity contribution >= 4 is 0 Å². The molecule has 1 aromatic carbocycles. The maximum Gasteiger partial charge on any atom is 0.0452 e. The van der Waals surface area contributed by atoms with Crippen LogP contribution in [-0.2, 0) is 0 Å². The molecule has 1 fully saturated rings. The van der Waals surface area contributed by atoms with Crippen molar-refractivity contribution in [3.05, 3.63) is 35.9 Å². The van der Waals surface area contributed by atoms with Crippen molar-refractivity contribution in [3.63, 3.8) is 0 Å². The van der Waals surface area contributed by atoms with Crippen LogP contribution in [0.25, 0.3) is 0 Å². The Bertz CT molecular complexity index is 392. The highest BCUT2D eigenvalue weighted by Crippen LogP contribution is 2.23. The number of hydrogen-bond acceptors (Lipinski definition) is 3. The first kappa shape index (κ1) is 15.5. The molecule has 3 unspecified atom stereocenters. The molecule has 1 saturated heterocycles. The molecular formula is C17H29N3. The summed E-state index contributed by atoms with van der Waals surface area (Å²) in [5.41, 5.74) is 7.75. The molecule has 0 spiro atoms. The van der Waals surface area contributed by atoms with Crippen LogP contribution in [0.3, 0.4) is 0 Å². The molecule has 0 aliphatic carbocycles. The van der Waals surface area contributed by atoms with Crippen LogP contribution in [-0.4, -0.2) is 49.1 Å². The summed E-state index contributed by atoms with van der Waals surface area (Å²) >= 11 is 0. The SMILES string of the molecule is CCC(C(N)c1ccccc1)N(C)CC1CCCN1C. The van der Waals surface area contributed by atoms with Gasteiger partial charge in [0, 0.05) is 24.7 Å². The lowest BCUT2D eigenvalue weighted by Crippen LogP contribution is -2.45. The Labute approximate surface area is 123 Å². The van der Waals surface area contributed by atoms with Crippen molar-refractivity contribution in [2.75, 3.05) is 27.2 Å². The Morgan fingerprint density at radius 3 is 2.60 bits per heavy atom. The van der Waals surface area contributed by atoms with Crippen LogP contribution in [0, 0.1) is 0 Å². The Hall–Kier alpha value is -0.900. The van der Waals surface area contributed by atoms with E-state index in [2.05, 4.69) is 55.1 Å². The van der Waals surface area contributed by atoms with Crippen molar-refractivity contribution in [1.29, 1.82) is 0 Å². The lowest BCUT2D eigenvalue weighted by Gasteiger charge is -2.35. The third-order valence-corrected chi connectivity index (χ3v) is 4.75. The maximum absolute atomic E-state index is 6.50. The van der Waals surface area contributed by atoms with Gasteiger partial charge in [0.15, 0.2) is 0 Å². The molecule has 0 amide bonds. The number of nitrogens with two attached hydrogens (primary N) is 1. The molecule has 20 heavy (non-hydrogen) atoms. The monoisotopic (exact) mass is 275 g/mol. The van der Waals surface area contributed by atoms with E-state index in [4.69, 9.17) is 5.73 Å². The van der Waals surface area contributed by atoms with E-state index in [1.807, 2.05) is 6.07 Å². The largest absolute Gasteiger partial charge is 0.323 e. The smallest absolute Gasteiger partial charge is 0.0452 e. The summed E-state index contributed by atoms with van der Waals surface area (Å²) in [6.07, 6.45) is 3.73. The van der Waals surface area contributed by atoms with Gasteiger partial charge in [0.05, 0.1) is 0 Å². The van der Waals surface area contributed by atoms with Gasteiger partial charge in [-0.1, -0.05) is 37.3 Å². The molecule has 3 nitrogen and oxygen atoms in total. The molecule has 0 bridgehead atoms. The third kappa shape index (κ3) is 3.60. The van der Waals surface area contributed by atoms with Crippen LogP contribution in [0.1, 0.15) is 37.8 Å². The van der Waals surface area contributed by atoms with Gasteiger partial charge in [-0.3, -0.25) is 4.90 Å². The Morgan fingerprint density at radius 1 is 1.35 bits per heavy atom. The minimum absolute atomic E-state index is 0.0953. The van der Waals surface area contributed by atoms with Gasteiger partial charge in [0.2, 0.25) is 0 Å². The van der Waals surface area contributed by atoms with Crippen molar-refractivity contribution < 1.29 is 0 Å². The second-order valence-electron chi connectivity index (χ2n) is 6.13. The van der Waals surface area contributed by atoms with Crippen LogP contribution in [0.5, 0.6) is 0 Å². The highest BCUT2D eigenvalue weighted by atomic mass is 15.2. The van der Waals surface area contributed by atoms with E-state index < -0.39 is 0 Å². The topological polar surface area (TPSA) is 32.5 Å². The van der Waals surface area contributed by atoms with E-state index in [0.29, 0.717) is 12.1 Å². The van der Waals surface area contributed by atoms with Crippen molar-refractivity contribution in [3.8, 4) is 0 Å². The van der Waals surface area contributed by atoms with Gasteiger partial charge in [-0.05, 0) is 45.5 Å². The molecule has 2 N–H and O–H groups in total. The average molecular weight is 275 g/mol. The molecule has 3 atom stereocenters. The fourth-order valence-electron chi connectivity index (χ4n) is 3.41. The Kier molecular flexibility index (Phi) is 5.58. The van der Waals surface area contributed by atoms with E-state index in [1.165, 1.54) is 24.9 Å². The van der Waals surface area contributed by atoms with E-state index in [9.17, 15) is 0 Å². The second-order valence-corrected chi connectivity index (χ2v) is 6.13. The normalized spacial score (nSPS) is 23.1. The van der Waals surface area contributed by atoms with Crippen LogP contribution < -0.4 is 5.73 Å². The fraction of sp³-hybridized carbons (Fsp3) is 0.647. The van der Waals surface area contributed by atoms with E-state index >= 15 is 0 Å². The molecule has 3 heteroatoms. The lowest BCUT2D eigenvalue weighted by atomic mass is 9.96.